The van der Waals surface area contributed by atoms with Crippen molar-refractivity contribution in [2.24, 2.45) is 5.10 Å². The molecule has 0 spiro atoms. The lowest BCUT2D eigenvalue weighted by molar-refractivity contribution is 0.414. The van der Waals surface area contributed by atoms with E-state index in [0.717, 1.165) is 22.6 Å². The third-order valence-corrected chi connectivity index (χ3v) is 4.70. The second-order valence-electron chi connectivity index (χ2n) is 5.46. The fourth-order valence-electron chi connectivity index (χ4n) is 2.18. The van der Waals surface area contributed by atoms with Gasteiger partial charge in [-0.2, -0.15) is 5.10 Å². The Hall–Kier alpha value is -3.20. The number of hydrogen-bond acceptors (Lipinski definition) is 8. The van der Waals surface area contributed by atoms with Crippen LogP contribution in [-0.2, 0) is 5.75 Å². The van der Waals surface area contributed by atoms with Crippen LogP contribution in [0.5, 0.6) is 11.5 Å². The van der Waals surface area contributed by atoms with Crippen molar-refractivity contribution in [3.8, 4) is 11.5 Å². The van der Waals surface area contributed by atoms with Crippen LogP contribution in [0.3, 0.4) is 0 Å². The van der Waals surface area contributed by atoms with E-state index in [1.165, 1.54) is 16.4 Å². The molecule has 27 heavy (non-hydrogen) atoms. The molecule has 0 saturated carbocycles. The first-order valence-electron chi connectivity index (χ1n) is 8.09. The molecular formula is C18H20N6O2S. The second-order valence-corrected chi connectivity index (χ2v) is 6.40. The van der Waals surface area contributed by atoms with Gasteiger partial charge in [0, 0.05) is 5.75 Å². The minimum Gasteiger partial charge on any atom is -0.497 e. The number of hydrazone groups is 1. The van der Waals surface area contributed by atoms with Gasteiger partial charge in [0.25, 0.3) is 5.95 Å². The van der Waals surface area contributed by atoms with Gasteiger partial charge >= 0.3 is 0 Å². The van der Waals surface area contributed by atoms with Gasteiger partial charge in [0.15, 0.2) is 0 Å². The van der Waals surface area contributed by atoms with Gasteiger partial charge < -0.3 is 15.3 Å². The highest BCUT2D eigenvalue weighted by atomic mass is 32.2. The predicted molar refractivity (Wildman–Crippen MR) is 107 cm³/mol. The fraction of sp³-hybridized carbons (Fsp3) is 0.167. The van der Waals surface area contributed by atoms with Crippen molar-refractivity contribution in [3.63, 3.8) is 0 Å². The predicted octanol–water partition coefficient (Wildman–Crippen LogP) is 2.75. The third-order valence-electron chi connectivity index (χ3n) is 3.69. The van der Waals surface area contributed by atoms with Gasteiger partial charge in [-0.1, -0.05) is 23.9 Å². The molecule has 0 bridgehead atoms. The number of thioether (sulfide) groups is 1. The molecule has 1 aromatic heterocycles. The molecule has 2 aromatic carbocycles. The van der Waals surface area contributed by atoms with Gasteiger partial charge in [0.1, 0.15) is 11.5 Å². The zero-order valence-electron chi connectivity index (χ0n) is 15.0. The van der Waals surface area contributed by atoms with E-state index in [9.17, 15) is 0 Å². The van der Waals surface area contributed by atoms with E-state index >= 15 is 0 Å². The molecule has 140 valence electrons. The molecule has 0 aliphatic carbocycles. The molecule has 8 nitrogen and oxygen atoms in total. The van der Waals surface area contributed by atoms with E-state index in [2.05, 4.69) is 20.7 Å². The number of hydrogen-bond donors (Lipinski definition) is 2. The molecule has 0 fully saturated rings. The van der Waals surface area contributed by atoms with Gasteiger partial charge in [-0.25, -0.2) is 10.1 Å². The standard InChI is InChI=1S/C18H20N6O2S/c1-25-15-7-3-13(4-8-15)11-20-21-17-22-23-18(24(17)19)27-12-14-5-9-16(26-2)10-6-14/h3-11H,12,19H2,1-2H3,(H,21,22)/b20-11+. The number of nitrogens with two attached hydrogens (primary N) is 1. The Morgan fingerprint density at radius 2 is 1.67 bits per heavy atom. The molecule has 3 aromatic rings. The molecule has 0 saturated heterocycles. The molecule has 0 unspecified atom stereocenters. The van der Waals surface area contributed by atoms with Crippen molar-refractivity contribution in [3.05, 3.63) is 59.7 Å². The zero-order valence-corrected chi connectivity index (χ0v) is 15.8. The summed E-state index contributed by atoms with van der Waals surface area (Å²) in [6, 6.07) is 15.4. The molecule has 0 radical (unpaired) electrons. The van der Waals surface area contributed by atoms with Crippen LogP contribution in [0.15, 0.2) is 58.8 Å². The van der Waals surface area contributed by atoms with Gasteiger partial charge in [0.2, 0.25) is 5.16 Å². The number of ether oxygens (including phenoxy) is 2. The summed E-state index contributed by atoms with van der Waals surface area (Å²) < 4.78 is 11.6. The number of nitrogen functional groups attached to an aromatic ring is 1. The van der Waals surface area contributed by atoms with Crippen molar-refractivity contribution in [1.29, 1.82) is 0 Å². The zero-order chi connectivity index (χ0) is 19.1. The highest BCUT2D eigenvalue weighted by molar-refractivity contribution is 7.98. The van der Waals surface area contributed by atoms with E-state index < -0.39 is 0 Å². The van der Waals surface area contributed by atoms with Crippen LogP contribution in [0.25, 0.3) is 0 Å². The Bertz CT molecular complexity index is 893. The number of nitrogens with one attached hydrogen (secondary N) is 1. The Morgan fingerprint density at radius 3 is 2.30 bits per heavy atom. The second kappa shape index (κ2) is 8.95. The van der Waals surface area contributed by atoms with Crippen molar-refractivity contribution in [2.45, 2.75) is 10.9 Å². The first-order chi connectivity index (χ1) is 13.2. The van der Waals surface area contributed by atoms with Crippen LogP contribution >= 0.6 is 11.8 Å². The van der Waals surface area contributed by atoms with Crippen LogP contribution in [0.4, 0.5) is 5.95 Å². The highest BCUT2D eigenvalue weighted by Crippen LogP contribution is 2.23. The van der Waals surface area contributed by atoms with Gasteiger partial charge in [-0.3, -0.25) is 0 Å². The summed E-state index contributed by atoms with van der Waals surface area (Å²) in [5.74, 6) is 8.72. The summed E-state index contributed by atoms with van der Waals surface area (Å²) in [7, 11) is 3.27. The maximum Gasteiger partial charge on any atom is 0.264 e. The maximum atomic E-state index is 6.03. The lowest BCUT2D eigenvalue weighted by atomic mass is 10.2. The summed E-state index contributed by atoms with van der Waals surface area (Å²) >= 11 is 1.49. The number of anilines is 1. The van der Waals surface area contributed by atoms with Crippen LogP contribution in [-0.4, -0.2) is 35.3 Å². The molecule has 0 atom stereocenters. The minimum atomic E-state index is 0.358. The van der Waals surface area contributed by atoms with E-state index in [-0.39, 0.29) is 0 Å². The average Bonchev–Trinajstić information content (AvgIpc) is 3.07. The number of methoxy groups -OCH3 is 2. The van der Waals surface area contributed by atoms with Crippen molar-refractivity contribution in [1.82, 2.24) is 14.9 Å². The Balaban J connectivity index is 1.56. The summed E-state index contributed by atoms with van der Waals surface area (Å²) in [5, 5.41) is 12.8. The lowest BCUT2D eigenvalue weighted by Crippen LogP contribution is -2.13. The summed E-state index contributed by atoms with van der Waals surface area (Å²) in [5.41, 5.74) is 4.85. The van der Waals surface area contributed by atoms with E-state index in [0.29, 0.717) is 16.9 Å². The van der Waals surface area contributed by atoms with E-state index in [1.807, 2.05) is 48.5 Å². The number of nitrogens with zero attached hydrogens (tertiary/aromatic N) is 4. The lowest BCUT2D eigenvalue weighted by Gasteiger charge is -2.04. The fourth-order valence-corrected chi connectivity index (χ4v) is 2.99. The molecule has 9 heteroatoms. The first kappa shape index (κ1) is 18.6. The van der Waals surface area contributed by atoms with Crippen LogP contribution < -0.4 is 20.7 Å². The molecule has 0 aliphatic rings. The number of benzene rings is 2. The summed E-state index contributed by atoms with van der Waals surface area (Å²) in [4.78, 5) is 0. The maximum absolute atomic E-state index is 6.03. The SMILES string of the molecule is COc1ccc(/C=N/Nc2nnc(SCc3ccc(OC)cc3)n2N)cc1. The van der Waals surface area contributed by atoms with Crippen molar-refractivity contribution < 1.29 is 9.47 Å². The molecule has 1 heterocycles. The summed E-state index contributed by atoms with van der Waals surface area (Å²) in [6.07, 6.45) is 1.66. The number of rotatable bonds is 8. The Labute approximate surface area is 161 Å². The van der Waals surface area contributed by atoms with E-state index in [4.69, 9.17) is 15.3 Å². The Morgan fingerprint density at radius 1 is 1.04 bits per heavy atom. The van der Waals surface area contributed by atoms with Crippen molar-refractivity contribution in [2.75, 3.05) is 25.5 Å². The Kier molecular flexibility index (Phi) is 6.16. The average molecular weight is 384 g/mol. The quantitative estimate of drug-likeness (QED) is 0.267. The van der Waals surface area contributed by atoms with Crippen LogP contribution in [0, 0.1) is 0 Å². The minimum absolute atomic E-state index is 0.358. The highest BCUT2D eigenvalue weighted by Gasteiger charge is 2.09. The third kappa shape index (κ3) is 4.91. The monoisotopic (exact) mass is 384 g/mol. The molecule has 0 aliphatic heterocycles. The van der Waals surface area contributed by atoms with E-state index in [1.54, 1.807) is 20.4 Å². The number of aromatic nitrogens is 3. The molecule has 0 amide bonds. The van der Waals surface area contributed by atoms with Gasteiger partial charge in [0.05, 0.1) is 20.4 Å². The normalized spacial score (nSPS) is 10.9. The first-order valence-corrected chi connectivity index (χ1v) is 9.07. The van der Waals surface area contributed by atoms with Crippen molar-refractivity contribution >= 4 is 23.9 Å². The molecular weight excluding hydrogens is 364 g/mol. The van der Waals surface area contributed by atoms with Gasteiger partial charge in [-0.05, 0) is 47.5 Å². The molecule has 3 N–H and O–H groups in total. The largest absolute Gasteiger partial charge is 0.497 e. The molecule has 3 rings (SSSR count). The smallest absolute Gasteiger partial charge is 0.264 e. The summed E-state index contributed by atoms with van der Waals surface area (Å²) in [6.45, 7) is 0. The van der Waals surface area contributed by atoms with Crippen LogP contribution in [0.1, 0.15) is 11.1 Å². The van der Waals surface area contributed by atoms with Gasteiger partial charge in [-0.15, -0.1) is 10.2 Å². The van der Waals surface area contributed by atoms with Crippen LogP contribution in [0.2, 0.25) is 0 Å². The topological polar surface area (TPSA) is 99.6 Å².